The van der Waals surface area contributed by atoms with Gasteiger partial charge in [-0.1, -0.05) is 0 Å². The number of allylic oxidation sites excluding steroid dienone is 1. The van der Waals surface area contributed by atoms with Crippen molar-refractivity contribution in [2.24, 2.45) is 0 Å². The lowest BCUT2D eigenvalue weighted by Gasteiger charge is -2.01. The Morgan fingerprint density at radius 1 is 1.39 bits per heavy atom. The molecule has 1 aromatic heterocycles. The van der Waals surface area contributed by atoms with E-state index in [1.165, 1.54) is 0 Å². The van der Waals surface area contributed by atoms with Crippen LogP contribution in [0, 0.1) is 11.3 Å². The molecule has 0 saturated heterocycles. The second-order valence-corrected chi connectivity index (χ2v) is 5.42. The van der Waals surface area contributed by atoms with E-state index in [-0.39, 0.29) is 0 Å². The Hall–Kier alpha value is -1.57. The fraction of sp³-hybridized carbons (Fsp3) is 0.0714. The Balaban J connectivity index is 2.33. The third-order valence-corrected chi connectivity index (χ3v) is 4.04. The van der Waals surface area contributed by atoms with E-state index in [2.05, 4.69) is 22.0 Å². The van der Waals surface area contributed by atoms with Crippen molar-refractivity contribution in [2.45, 2.75) is 0 Å². The highest BCUT2D eigenvalue weighted by atomic mass is 79.9. The Kier molecular flexibility index (Phi) is 4.19. The predicted molar refractivity (Wildman–Crippen MR) is 78.5 cm³/mol. The molecule has 1 heterocycles. The van der Waals surface area contributed by atoms with Crippen LogP contribution in [0.3, 0.4) is 0 Å². The van der Waals surface area contributed by atoms with Crippen LogP contribution >= 0.6 is 27.3 Å². The van der Waals surface area contributed by atoms with Gasteiger partial charge in [0.15, 0.2) is 0 Å². The molecule has 0 N–H and O–H groups in total. The normalized spacial score (nSPS) is 11.1. The molecule has 0 aliphatic heterocycles. The fourth-order valence-corrected chi connectivity index (χ4v) is 2.87. The number of benzene rings is 1. The van der Waals surface area contributed by atoms with Gasteiger partial charge in [0.25, 0.3) is 0 Å². The maximum Gasteiger partial charge on any atom is 0.118 e. The largest absolute Gasteiger partial charge is 0.497 e. The van der Waals surface area contributed by atoms with Crippen molar-refractivity contribution in [3.05, 3.63) is 50.6 Å². The molecule has 4 heteroatoms. The van der Waals surface area contributed by atoms with E-state index in [0.717, 1.165) is 20.7 Å². The zero-order valence-corrected chi connectivity index (χ0v) is 12.1. The first-order chi connectivity index (χ1) is 8.72. The maximum absolute atomic E-state index is 9.22. The number of hydrogen-bond acceptors (Lipinski definition) is 3. The molecule has 2 nitrogen and oxygen atoms in total. The summed E-state index contributed by atoms with van der Waals surface area (Å²) in [4.78, 5) is 1.05. The van der Waals surface area contributed by atoms with Crippen LogP contribution in [0.4, 0.5) is 0 Å². The number of thiophene rings is 1. The molecule has 1 aromatic carbocycles. The van der Waals surface area contributed by atoms with E-state index in [1.54, 1.807) is 18.4 Å². The number of nitrogens with zero attached hydrogens (tertiary/aromatic N) is 1. The van der Waals surface area contributed by atoms with E-state index in [0.29, 0.717) is 5.57 Å². The van der Waals surface area contributed by atoms with Gasteiger partial charge in [0, 0.05) is 14.7 Å². The van der Waals surface area contributed by atoms with Crippen molar-refractivity contribution in [3.8, 4) is 11.8 Å². The van der Waals surface area contributed by atoms with Crippen LogP contribution in [0.15, 0.2) is 40.2 Å². The number of methoxy groups -OCH3 is 1. The van der Waals surface area contributed by atoms with Gasteiger partial charge in [0.2, 0.25) is 0 Å². The molecule has 0 spiro atoms. The molecule has 0 amide bonds. The average molecular weight is 320 g/mol. The van der Waals surface area contributed by atoms with Crippen LogP contribution < -0.4 is 4.74 Å². The standard InChI is InChI=1S/C14H10BrNOS/c1-17-13-4-2-10(3-5-13)11(8-16)6-14-7-12(15)9-18-14/h2-7,9H,1H3/b11-6+. The molecule has 90 valence electrons. The van der Waals surface area contributed by atoms with Crippen LogP contribution in [0.2, 0.25) is 0 Å². The van der Waals surface area contributed by atoms with Crippen molar-refractivity contribution in [2.75, 3.05) is 7.11 Å². The van der Waals surface area contributed by atoms with Gasteiger partial charge in [-0.2, -0.15) is 5.26 Å². The van der Waals surface area contributed by atoms with E-state index < -0.39 is 0 Å². The number of halogens is 1. The van der Waals surface area contributed by atoms with Gasteiger partial charge >= 0.3 is 0 Å². The lowest BCUT2D eigenvalue weighted by atomic mass is 10.1. The molecule has 0 saturated carbocycles. The summed E-state index contributed by atoms with van der Waals surface area (Å²) in [7, 11) is 1.62. The number of hydrogen-bond donors (Lipinski definition) is 0. The molecule has 0 bridgehead atoms. The molecular weight excluding hydrogens is 310 g/mol. The van der Waals surface area contributed by atoms with Crippen molar-refractivity contribution >= 4 is 38.9 Å². The Morgan fingerprint density at radius 2 is 2.11 bits per heavy atom. The second-order valence-electron chi connectivity index (χ2n) is 3.57. The molecule has 2 aromatic rings. The molecule has 0 fully saturated rings. The number of rotatable bonds is 3. The molecular formula is C14H10BrNOS. The summed E-state index contributed by atoms with van der Waals surface area (Å²) in [5.41, 5.74) is 1.54. The van der Waals surface area contributed by atoms with Crippen LogP contribution in [0.5, 0.6) is 5.75 Å². The third-order valence-electron chi connectivity index (χ3n) is 2.40. The summed E-state index contributed by atoms with van der Waals surface area (Å²) in [6.45, 7) is 0. The Bertz CT molecular complexity index is 607. The van der Waals surface area contributed by atoms with Crippen LogP contribution in [-0.4, -0.2) is 7.11 Å². The van der Waals surface area contributed by atoms with Crippen LogP contribution in [-0.2, 0) is 0 Å². The topological polar surface area (TPSA) is 33.0 Å². The molecule has 2 rings (SSSR count). The highest BCUT2D eigenvalue weighted by Gasteiger charge is 2.03. The quantitative estimate of drug-likeness (QED) is 0.775. The molecule has 18 heavy (non-hydrogen) atoms. The predicted octanol–water partition coefficient (Wildman–Crippen LogP) is 4.58. The molecule has 0 radical (unpaired) electrons. The summed E-state index contributed by atoms with van der Waals surface area (Å²) < 4.78 is 6.13. The third kappa shape index (κ3) is 3.00. The summed E-state index contributed by atoms with van der Waals surface area (Å²) in [6, 6.07) is 11.7. The summed E-state index contributed by atoms with van der Waals surface area (Å²) in [5, 5.41) is 11.2. The highest BCUT2D eigenvalue weighted by Crippen LogP contribution is 2.25. The van der Waals surface area contributed by atoms with Gasteiger partial charge in [-0.05, 0) is 57.9 Å². The smallest absolute Gasteiger partial charge is 0.118 e. The Morgan fingerprint density at radius 3 is 2.61 bits per heavy atom. The highest BCUT2D eigenvalue weighted by molar-refractivity contribution is 9.10. The number of nitriles is 1. The van der Waals surface area contributed by atoms with Crippen molar-refractivity contribution in [3.63, 3.8) is 0 Å². The average Bonchev–Trinajstić information content (AvgIpc) is 2.82. The number of ether oxygens (including phenoxy) is 1. The molecule has 0 aliphatic carbocycles. The van der Waals surface area contributed by atoms with Gasteiger partial charge in [-0.3, -0.25) is 0 Å². The summed E-state index contributed by atoms with van der Waals surface area (Å²) >= 11 is 5.00. The lowest BCUT2D eigenvalue weighted by molar-refractivity contribution is 0.415. The van der Waals surface area contributed by atoms with Gasteiger partial charge in [-0.25, -0.2) is 0 Å². The monoisotopic (exact) mass is 319 g/mol. The minimum Gasteiger partial charge on any atom is -0.497 e. The van der Waals surface area contributed by atoms with Crippen molar-refractivity contribution < 1.29 is 4.74 Å². The van der Waals surface area contributed by atoms with E-state index in [4.69, 9.17) is 4.74 Å². The first-order valence-electron chi connectivity index (χ1n) is 5.23. The van der Waals surface area contributed by atoms with Gasteiger partial charge in [0.05, 0.1) is 18.8 Å². The van der Waals surface area contributed by atoms with E-state index in [1.807, 2.05) is 41.8 Å². The zero-order valence-electron chi connectivity index (χ0n) is 9.68. The Labute approximate surface area is 118 Å². The van der Waals surface area contributed by atoms with Crippen molar-refractivity contribution in [1.82, 2.24) is 0 Å². The molecule has 0 unspecified atom stereocenters. The van der Waals surface area contributed by atoms with Gasteiger partial charge in [0.1, 0.15) is 5.75 Å². The summed E-state index contributed by atoms with van der Waals surface area (Å²) in [5.74, 6) is 0.787. The zero-order chi connectivity index (χ0) is 13.0. The van der Waals surface area contributed by atoms with Gasteiger partial charge in [-0.15, -0.1) is 11.3 Å². The second kappa shape index (κ2) is 5.85. The van der Waals surface area contributed by atoms with Crippen LogP contribution in [0.25, 0.3) is 11.6 Å². The maximum atomic E-state index is 9.22. The van der Waals surface area contributed by atoms with Crippen LogP contribution in [0.1, 0.15) is 10.4 Å². The SMILES string of the molecule is COc1ccc(/C(C#N)=C/c2cc(Br)cs2)cc1. The first kappa shape index (κ1) is 12.9. The van der Waals surface area contributed by atoms with Crippen molar-refractivity contribution in [1.29, 1.82) is 5.26 Å². The minimum absolute atomic E-state index is 0.645. The minimum atomic E-state index is 0.645. The molecule has 0 atom stereocenters. The lowest BCUT2D eigenvalue weighted by Crippen LogP contribution is -1.84. The fourth-order valence-electron chi connectivity index (χ4n) is 1.50. The first-order valence-corrected chi connectivity index (χ1v) is 6.90. The summed E-state index contributed by atoms with van der Waals surface area (Å²) in [6.07, 6.45) is 1.89. The van der Waals surface area contributed by atoms with E-state index >= 15 is 0 Å². The molecule has 0 aliphatic rings. The van der Waals surface area contributed by atoms with E-state index in [9.17, 15) is 5.26 Å². The van der Waals surface area contributed by atoms with Gasteiger partial charge < -0.3 is 4.74 Å².